The fourth-order valence-electron chi connectivity index (χ4n) is 4.09. The van der Waals surface area contributed by atoms with Crippen molar-refractivity contribution in [1.29, 1.82) is 0 Å². The monoisotopic (exact) mass is 481 g/mol. The zero-order chi connectivity index (χ0) is 24.3. The Morgan fingerprint density at radius 1 is 1.06 bits per heavy atom. The van der Waals surface area contributed by atoms with E-state index in [9.17, 15) is 17.6 Å². The lowest BCUT2D eigenvalue weighted by Crippen LogP contribution is -2.39. The van der Waals surface area contributed by atoms with E-state index in [0.29, 0.717) is 6.54 Å². The van der Waals surface area contributed by atoms with E-state index in [4.69, 9.17) is 4.18 Å². The van der Waals surface area contributed by atoms with Crippen LogP contribution in [-0.2, 0) is 21.5 Å². The van der Waals surface area contributed by atoms with Crippen LogP contribution in [0.15, 0.2) is 83.8 Å². The Morgan fingerprint density at radius 3 is 2.44 bits per heavy atom. The van der Waals surface area contributed by atoms with Crippen molar-refractivity contribution in [3.63, 3.8) is 0 Å². The summed E-state index contributed by atoms with van der Waals surface area (Å²) in [4.78, 5) is 15.1. The average molecular weight is 482 g/mol. The minimum absolute atomic E-state index is 0.0327. The molecule has 0 bridgehead atoms. The molecule has 3 aromatic carbocycles. The maximum absolute atomic E-state index is 13.4. The summed E-state index contributed by atoms with van der Waals surface area (Å²) < 4.78 is 43.6. The van der Waals surface area contributed by atoms with Gasteiger partial charge in [0.2, 0.25) is 5.91 Å². The van der Waals surface area contributed by atoms with E-state index in [1.54, 1.807) is 18.2 Å². The highest BCUT2D eigenvalue weighted by Gasteiger charge is 2.46. The van der Waals surface area contributed by atoms with Gasteiger partial charge < -0.3 is 9.08 Å². The molecule has 3 atom stereocenters. The summed E-state index contributed by atoms with van der Waals surface area (Å²) in [6.45, 7) is 4.43. The second-order valence-electron chi connectivity index (χ2n) is 8.72. The molecule has 0 aromatic heterocycles. The van der Waals surface area contributed by atoms with Gasteiger partial charge in [-0.25, -0.2) is 4.39 Å². The van der Waals surface area contributed by atoms with Crippen molar-refractivity contribution >= 4 is 16.0 Å². The summed E-state index contributed by atoms with van der Waals surface area (Å²) in [6, 6.07) is 21.3. The first kappa shape index (κ1) is 24.0. The Hall–Kier alpha value is -3.19. The number of nitrogens with zero attached hydrogens (tertiary/aromatic N) is 1. The first-order valence-electron chi connectivity index (χ1n) is 11.4. The molecule has 1 amide bonds. The van der Waals surface area contributed by atoms with Crippen LogP contribution in [0.3, 0.4) is 0 Å². The third kappa shape index (κ3) is 5.47. The van der Waals surface area contributed by atoms with E-state index in [1.807, 2.05) is 43.0 Å². The second-order valence-corrected chi connectivity index (χ2v) is 10.3. The van der Waals surface area contributed by atoms with Gasteiger partial charge in [0.05, 0.1) is 0 Å². The molecule has 1 saturated carbocycles. The number of hydrogen-bond donors (Lipinski definition) is 0. The maximum Gasteiger partial charge on any atom is 0.339 e. The minimum atomic E-state index is -4.10. The van der Waals surface area contributed by atoms with Crippen molar-refractivity contribution in [2.45, 2.75) is 50.1 Å². The zero-order valence-corrected chi connectivity index (χ0v) is 20.0. The number of rotatable bonds is 9. The maximum atomic E-state index is 13.4. The molecule has 1 aliphatic carbocycles. The molecule has 34 heavy (non-hydrogen) atoms. The fourth-order valence-corrected chi connectivity index (χ4v) is 5.01. The van der Waals surface area contributed by atoms with Crippen molar-refractivity contribution < 1.29 is 21.8 Å². The molecule has 1 aliphatic rings. The molecule has 178 valence electrons. The lowest BCUT2D eigenvalue weighted by atomic mass is 10.1. The van der Waals surface area contributed by atoms with Crippen LogP contribution in [0.4, 0.5) is 4.39 Å². The molecule has 0 aliphatic heterocycles. The SMILES string of the molecule is CCC(C)N(Cc1cccc(OS(=O)(=O)c2ccc(F)cc2)c1)C(=O)C1CC1c1ccccc1. The topological polar surface area (TPSA) is 63.7 Å². The number of hydrogen-bond acceptors (Lipinski definition) is 4. The average Bonchev–Trinajstić information content (AvgIpc) is 3.63. The predicted molar refractivity (Wildman–Crippen MR) is 128 cm³/mol. The van der Waals surface area contributed by atoms with Gasteiger partial charge in [-0.2, -0.15) is 8.42 Å². The van der Waals surface area contributed by atoms with Crippen LogP contribution in [-0.4, -0.2) is 25.3 Å². The minimum Gasteiger partial charge on any atom is -0.379 e. The van der Waals surface area contributed by atoms with Crippen LogP contribution >= 0.6 is 0 Å². The largest absolute Gasteiger partial charge is 0.379 e. The molecule has 0 heterocycles. The molecular weight excluding hydrogens is 453 g/mol. The van der Waals surface area contributed by atoms with E-state index in [0.717, 1.165) is 42.7 Å². The van der Waals surface area contributed by atoms with Gasteiger partial charge in [-0.15, -0.1) is 0 Å². The van der Waals surface area contributed by atoms with Crippen LogP contribution in [0.2, 0.25) is 0 Å². The van der Waals surface area contributed by atoms with Gasteiger partial charge in [0, 0.05) is 18.5 Å². The molecule has 3 aromatic rings. The van der Waals surface area contributed by atoms with Crippen molar-refractivity contribution in [3.05, 3.63) is 95.8 Å². The summed E-state index contributed by atoms with van der Waals surface area (Å²) in [6.07, 6.45) is 1.65. The van der Waals surface area contributed by atoms with Crippen molar-refractivity contribution in [2.24, 2.45) is 5.92 Å². The third-order valence-electron chi connectivity index (χ3n) is 6.30. The van der Waals surface area contributed by atoms with E-state index >= 15 is 0 Å². The Labute approximate surface area is 200 Å². The van der Waals surface area contributed by atoms with Gasteiger partial charge in [0.1, 0.15) is 16.5 Å². The molecule has 1 fully saturated rings. The van der Waals surface area contributed by atoms with E-state index < -0.39 is 15.9 Å². The van der Waals surface area contributed by atoms with Crippen LogP contribution in [0.25, 0.3) is 0 Å². The second kappa shape index (κ2) is 9.97. The van der Waals surface area contributed by atoms with Crippen LogP contribution in [0.1, 0.15) is 43.7 Å². The van der Waals surface area contributed by atoms with Crippen molar-refractivity contribution in [3.8, 4) is 5.75 Å². The molecule has 0 radical (unpaired) electrons. The molecule has 0 N–H and O–H groups in total. The van der Waals surface area contributed by atoms with E-state index in [1.165, 1.54) is 5.56 Å². The number of benzene rings is 3. The highest BCUT2D eigenvalue weighted by Crippen LogP contribution is 2.48. The quantitative estimate of drug-likeness (QED) is 0.377. The van der Waals surface area contributed by atoms with E-state index in [-0.39, 0.29) is 34.4 Å². The smallest absolute Gasteiger partial charge is 0.339 e. The summed E-state index contributed by atoms with van der Waals surface area (Å²) >= 11 is 0. The van der Waals surface area contributed by atoms with E-state index in [2.05, 4.69) is 12.1 Å². The Kier molecular flexibility index (Phi) is 7.03. The molecule has 7 heteroatoms. The molecular formula is C27H28FNO4S. The third-order valence-corrected chi connectivity index (χ3v) is 7.56. The van der Waals surface area contributed by atoms with Gasteiger partial charge in [-0.1, -0.05) is 49.4 Å². The lowest BCUT2D eigenvalue weighted by molar-refractivity contribution is -0.135. The number of carbonyl (C=O) groups excluding carboxylic acids is 1. The molecule has 4 rings (SSSR count). The Morgan fingerprint density at radius 2 is 1.76 bits per heavy atom. The van der Waals surface area contributed by atoms with Gasteiger partial charge in [-0.3, -0.25) is 4.79 Å². The van der Waals surface area contributed by atoms with Crippen molar-refractivity contribution in [1.82, 2.24) is 4.90 Å². The molecule has 3 unspecified atom stereocenters. The fraction of sp³-hybridized carbons (Fsp3) is 0.296. The highest BCUT2D eigenvalue weighted by molar-refractivity contribution is 7.87. The van der Waals surface area contributed by atoms with Gasteiger partial charge in [-0.05, 0) is 73.2 Å². The first-order valence-corrected chi connectivity index (χ1v) is 12.8. The molecule has 5 nitrogen and oxygen atoms in total. The Balaban J connectivity index is 1.49. The highest BCUT2D eigenvalue weighted by atomic mass is 32.2. The zero-order valence-electron chi connectivity index (χ0n) is 19.2. The predicted octanol–water partition coefficient (Wildman–Crippen LogP) is 5.52. The number of amides is 1. The summed E-state index contributed by atoms with van der Waals surface area (Å²) in [5.74, 6) is -0.0493. The van der Waals surface area contributed by atoms with Crippen LogP contribution in [0, 0.1) is 11.7 Å². The molecule has 0 saturated heterocycles. The summed E-state index contributed by atoms with van der Waals surface area (Å²) in [7, 11) is -4.10. The Bertz CT molecular complexity index is 1250. The van der Waals surface area contributed by atoms with Gasteiger partial charge >= 0.3 is 10.1 Å². The van der Waals surface area contributed by atoms with Crippen LogP contribution in [0.5, 0.6) is 5.75 Å². The molecule has 0 spiro atoms. The number of halogens is 1. The summed E-state index contributed by atoms with van der Waals surface area (Å²) in [5.41, 5.74) is 1.96. The van der Waals surface area contributed by atoms with Gasteiger partial charge in [0.15, 0.2) is 0 Å². The normalized spacial score (nSPS) is 18.2. The van der Waals surface area contributed by atoms with Crippen LogP contribution < -0.4 is 4.18 Å². The lowest BCUT2D eigenvalue weighted by Gasteiger charge is -2.29. The first-order chi connectivity index (χ1) is 16.3. The standard InChI is InChI=1S/C27H28FNO4S/c1-3-19(2)29(27(30)26-17-25(26)21-9-5-4-6-10-21)18-20-8-7-11-23(16-20)33-34(31,32)24-14-12-22(28)13-15-24/h4-16,19,25-26H,3,17-18H2,1-2H3. The number of carbonyl (C=O) groups is 1. The summed E-state index contributed by atoms with van der Waals surface area (Å²) in [5, 5.41) is 0. The van der Waals surface area contributed by atoms with Gasteiger partial charge in [0.25, 0.3) is 0 Å². The van der Waals surface area contributed by atoms with Crippen molar-refractivity contribution in [2.75, 3.05) is 0 Å².